The Morgan fingerprint density at radius 1 is 1.17 bits per heavy atom. The van der Waals surface area contributed by atoms with E-state index >= 15 is 0 Å². The van der Waals surface area contributed by atoms with Gasteiger partial charge in [0.2, 0.25) is 5.91 Å². The van der Waals surface area contributed by atoms with Crippen LogP contribution in [0.25, 0.3) is 10.8 Å². The van der Waals surface area contributed by atoms with Gasteiger partial charge in [0.15, 0.2) is 0 Å². The van der Waals surface area contributed by atoms with Crippen molar-refractivity contribution in [3.05, 3.63) is 48.0 Å². The van der Waals surface area contributed by atoms with Gasteiger partial charge in [-0.25, -0.2) is 0 Å². The standard InChI is InChI=1S/C18H21NO4/c1-12(23-2)17(20)19-11-15(18(21)22)10-14-8-5-7-13-6-3-4-9-16(13)14/h3-9,12,15H,10-11H2,1-2H3,(H,19,20)(H,21,22). The highest BCUT2D eigenvalue weighted by molar-refractivity contribution is 5.86. The summed E-state index contributed by atoms with van der Waals surface area (Å²) in [5.41, 5.74) is 0.963. The fraction of sp³-hybridized carbons (Fsp3) is 0.333. The van der Waals surface area contributed by atoms with E-state index in [0.717, 1.165) is 16.3 Å². The summed E-state index contributed by atoms with van der Waals surface area (Å²) in [7, 11) is 1.44. The van der Waals surface area contributed by atoms with Gasteiger partial charge in [-0.1, -0.05) is 42.5 Å². The van der Waals surface area contributed by atoms with Crippen LogP contribution in [0.15, 0.2) is 42.5 Å². The molecule has 122 valence electrons. The first-order chi connectivity index (χ1) is 11.0. The molecule has 0 aliphatic rings. The van der Waals surface area contributed by atoms with Crippen molar-refractivity contribution < 1.29 is 19.4 Å². The van der Waals surface area contributed by atoms with E-state index in [0.29, 0.717) is 6.42 Å². The van der Waals surface area contributed by atoms with Gasteiger partial charge in [-0.05, 0) is 29.7 Å². The van der Waals surface area contributed by atoms with E-state index in [-0.39, 0.29) is 12.5 Å². The van der Waals surface area contributed by atoms with E-state index in [1.165, 1.54) is 7.11 Å². The maximum absolute atomic E-state index is 11.7. The number of nitrogens with one attached hydrogen (secondary N) is 1. The maximum atomic E-state index is 11.7. The van der Waals surface area contributed by atoms with Crippen molar-refractivity contribution in [1.29, 1.82) is 0 Å². The molecule has 2 aromatic carbocycles. The summed E-state index contributed by atoms with van der Waals surface area (Å²) < 4.78 is 4.92. The normalized spacial score (nSPS) is 13.5. The summed E-state index contributed by atoms with van der Waals surface area (Å²) in [6, 6.07) is 13.7. The second-order valence-electron chi connectivity index (χ2n) is 5.50. The van der Waals surface area contributed by atoms with Crippen molar-refractivity contribution in [2.75, 3.05) is 13.7 Å². The first kappa shape index (κ1) is 17.0. The van der Waals surface area contributed by atoms with Gasteiger partial charge in [0.25, 0.3) is 0 Å². The van der Waals surface area contributed by atoms with Crippen molar-refractivity contribution in [1.82, 2.24) is 5.32 Å². The van der Waals surface area contributed by atoms with E-state index in [1.54, 1.807) is 6.92 Å². The van der Waals surface area contributed by atoms with Crippen LogP contribution in [0.1, 0.15) is 12.5 Å². The molecule has 2 unspecified atom stereocenters. The topological polar surface area (TPSA) is 75.6 Å². The van der Waals surface area contributed by atoms with Crippen LogP contribution in [0.5, 0.6) is 0 Å². The molecule has 0 saturated heterocycles. The van der Waals surface area contributed by atoms with Crippen molar-refractivity contribution in [2.24, 2.45) is 5.92 Å². The molecular formula is C18H21NO4. The number of fused-ring (bicyclic) bond motifs is 1. The summed E-state index contributed by atoms with van der Waals surface area (Å²) in [6.45, 7) is 1.70. The van der Waals surface area contributed by atoms with Crippen LogP contribution in [0, 0.1) is 5.92 Å². The van der Waals surface area contributed by atoms with Gasteiger partial charge in [0.1, 0.15) is 6.10 Å². The van der Waals surface area contributed by atoms with Gasteiger partial charge in [-0.2, -0.15) is 0 Å². The Hall–Kier alpha value is -2.40. The van der Waals surface area contributed by atoms with Crippen LogP contribution < -0.4 is 5.32 Å². The average molecular weight is 315 g/mol. The van der Waals surface area contributed by atoms with Crippen LogP contribution in [-0.2, 0) is 20.7 Å². The highest BCUT2D eigenvalue weighted by Crippen LogP contribution is 2.21. The number of carboxylic acid groups (broad SMARTS) is 1. The molecule has 0 aliphatic heterocycles. The van der Waals surface area contributed by atoms with Crippen LogP contribution in [0.3, 0.4) is 0 Å². The monoisotopic (exact) mass is 315 g/mol. The minimum atomic E-state index is -0.927. The Morgan fingerprint density at radius 2 is 1.87 bits per heavy atom. The van der Waals surface area contributed by atoms with Gasteiger partial charge in [-0.3, -0.25) is 9.59 Å². The number of hydrogen-bond donors (Lipinski definition) is 2. The molecule has 2 aromatic rings. The highest BCUT2D eigenvalue weighted by Gasteiger charge is 2.21. The maximum Gasteiger partial charge on any atom is 0.308 e. The molecule has 1 amide bonds. The van der Waals surface area contributed by atoms with Crippen molar-refractivity contribution in [3.63, 3.8) is 0 Å². The van der Waals surface area contributed by atoms with E-state index in [4.69, 9.17) is 4.74 Å². The number of benzene rings is 2. The van der Waals surface area contributed by atoms with Gasteiger partial charge in [0, 0.05) is 13.7 Å². The van der Waals surface area contributed by atoms with Gasteiger partial charge >= 0.3 is 5.97 Å². The Morgan fingerprint density at radius 3 is 2.57 bits per heavy atom. The fourth-order valence-corrected chi connectivity index (χ4v) is 2.46. The van der Waals surface area contributed by atoms with Crippen LogP contribution in [-0.4, -0.2) is 36.7 Å². The average Bonchev–Trinajstić information content (AvgIpc) is 2.57. The zero-order valence-corrected chi connectivity index (χ0v) is 13.3. The smallest absolute Gasteiger partial charge is 0.308 e. The molecule has 2 N–H and O–H groups in total. The lowest BCUT2D eigenvalue weighted by atomic mass is 9.95. The summed E-state index contributed by atoms with van der Waals surface area (Å²) >= 11 is 0. The molecule has 5 nitrogen and oxygen atoms in total. The van der Waals surface area contributed by atoms with E-state index < -0.39 is 18.0 Å². The van der Waals surface area contributed by atoms with Gasteiger partial charge in [-0.15, -0.1) is 0 Å². The van der Waals surface area contributed by atoms with Crippen molar-refractivity contribution >= 4 is 22.6 Å². The van der Waals surface area contributed by atoms with Crippen LogP contribution in [0.4, 0.5) is 0 Å². The van der Waals surface area contributed by atoms with E-state index in [1.807, 2.05) is 42.5 Å². The minimum absolute atomic E-state index is 0.0745. The molecule has 2 rings (SSSR count). The predicted octanol–water partition coefficient (Wildman–Crippen LogP) is 2.23. The third kappa shape index (κ3) is 4.29. The molecule has 0 aromatic heterocycles. The van der Waals surface area contributed by atoms with Crippen molar-refractivity contribution in [3.8, 4) is 0 Å². The zero-order chi connectivity index (χ0) is 16.8. The molecule has 0 bridgehead atoms. The van der Waals surface area contributed by atoms with E-state index in [2.05, 4.69) is 5.32 Å². The largest absolute Gasteiger partial charge is 0.481 e. The summed E-state index contributed by atoms with van der Waals surface area (Å²) in [4.78, 5) is 23.2. The summed E-state index contributed by atoms with van der Waals surface area (Å²) in [6.07, 6.45) is -0.236. The zero-order valence-electron chi connectivity index (χ0n) is 13.3. The summed E-state index contributed by atoms with van der Waals surface area (Å²) in [5.74, 6) is -1.92. The molecule has 0 fully saturated rings. The second kappa shape index (κ2) is 7.74. The summed E-state index contributed by atoms with van der Waals surface area (Å²) in [5, 5.41) is 14.2. The molecule has 2 atom stereocenters. The second-order valence-corrected chi connectivity index (χ2v) is 5.50. The number of amides is 1. The number of rotatable bonds is 7. The fourth-order valence-electron chi connectivity index (χ4n) is 2.46. The van der Waals surface area contributed by atoms with Gasteiger partial charge < -0.3 is 15.2 Å². The first-order valence-corrected chi connectivity index (χ1v) is 7.53. The number of aliphatic carboxylic acids is 1. The number of carboxylic acids is 1. The van der Waals surface area contributed by atoms with Crippen molar-refractivity contribution in [2.45, 2.75) is 19.4 Å². The predicted molar refractivity (Wildman–Crippen MR) is 88.3 cm³/mol. The number of methoxy groups -OCH3 is 1. The quantitative estimate of drug-likeness (QED) is 0.821. The lowest BCUT2D eigenvalue weighted by Gasteiger charge is -2.16. The molecule has 0 heterocycles. The Balaban J connectivity index is 2.13. The molecular weight excluding hydrogens is 294 g/mol. The third-order valence-corrected chi connectivity index (χ3v) is 3.94. The highest BCUT2D eigenvalue weighted by atomic mass is 16.5. The Labute approximate surface area is 135 Å². The van der Waals surface area contributed by atoms with Gasteiger partial charge in [0.05, 0.1) is 5.92 Å². The first-order valence-electron chi connectivity index (χ1n) is 7.53. The minimum Gasteiger partial charge on any atom is -0.481 e. The molecule has 0 radical (unpaired) electrons. The van der Waals surface area contributed by atoms with Crippen LogP contribution in [0.2, 0.25) is 0 Å². The number of ether oxygens (including phenoxy) is 1. The third-order valence-electron chi connectivity index (χ3n) is 3.94. The number of hydrogen-bond acceptors (Lipinski definition) is 3. The van der Waals surface area contributed by atoms with Crippen LogP contribution >= 0.6 is 0 Å². The van der Waals surface area contributed by atoms with E-state index in [9.17, 15) is 14.7 Å². The lowest BCUT2D eigenvalue weighted by molar-refractivity contribution is -0.141. The molecule has 5 heteroatoms. The lowest BCUT2D eigenvalue weighted by Crippen LogP contribution is -2.39. The Bertz CT molecular complexity index is 693. The molecule has 0 spiro atoms. The molecule has 0 saturated carbocycles. The Kier molecular flexibility index (Phi) is 5.71. The molecule has 0 aliphatic carbocycles. The SMILES string of the molecule is COC(C)C(=O)NCC(Cc1cccc2ccccc12)C(=O)O. The molecule has 23 heavy (non-hydrogen) atoms. The number of carbonyl (C=O) groups is 2. The number of carbonyl (C=O) groups excluding carboxylic acids is 1.